The van der Waals surface area contributed by atoms with E-state index in [1.165, 1.54) is 6.42 Å². The van der Waals surface area contributed by atoms with Crippen LogP contribution in [-0.4, -0.2) is 34.2 Å². The Morgan fingerprint density at radius 3 is 2.29 bits per heavy atom. The second-order valence-electron chi connectivity index (χ2n) is 6.23. The summed E-state index contributed by atoms with van der Waals surface area (Å²) >= 11 is 0. The topological polar surface area (TPSA) is 15.8 Å². The first kappa shape index (κ1) is 10.4. The van der Waals surface area contributed by atoms with E-state index in [-0.39, 0.29) is 11.1 Å². The van der Waals surface area contributed by atoms with Gasteiger partial charge in [-0.1, -0.05) is 0 Å². The van der Waals surface area contributed by atoms with Crippen LogP contribution in [0.3, 0.4) is 0 Å². The van der Waals surface area contributed by atoms with Gasteiger partial charge in [-0.15, -0.1) is 0 Å². The molecule has 2 rings (SSSR count). The lowest BCUT2D eigenvalue weighted by molar-refractivity contribution is -0.0387. The zero-order chi connectivity index (χ0) is 10.7. The molecular weight excluding hydrogens is 174 g/mol. The van der Waals surface area contributed by atoms with Crippen molar-refractivity contribution < 1.29 is 4.74 Å². The number of hydrogen-bond donors (Lipinski definition) is 0. The van der Waals surface area contributed by atoms with Crippen molar-refractivity contribution in [2.45, 2.75) is 77.3 Å². The Hall–Kier alpha value is -0.0800. The molecule has 0 N–H and O–H groups in total. The maximum atomic E-state index is 5.77. The average molecular weight is 197 g/mol. The van der Waals surface area contributed by atoms with Crippen molar-refractivity contribution in [3.8, 4) is 0 Å². The van der Waals surface area contributed by atoms with E-state index in [0.29, 0.717) is 18.2 Å². The molecule has 14 heavy (non-hydrogen) atoms. The largest absolute Gasteiger partial charge is 0.368 e. The molecule has 0 aromatic rings. The highest BCUT2D eigenvalue weighted by atomic mass is 16.6. The van der Waals surface area contributed by atoms with Gasteiger partial charge in [0.1, 0.15) is 6.10 Å². The van der Waals surface area contributed by atoms with Gasteiger partial charge in [-0.25, -0.2) is 0 Å². The van der Waals surface area contributed by atoms with E-state index in [0.717, 1.165) is 0 Å². The summed E-state index contributed by atoms with van der Waals surface area (Å²) in [5, 5.41) is 0. The fraction of sp³-hybridized carbons (Fsp3) is 1.00. The molecule has 0 aromatic carbocycles. The number of epoxide rings is 1. The molecule has 0 amide bonds. The predicted molar refractivity (Wildman–Crippen MR) is 58.4 cm³/mol. The second kappa shape index (κ2) is 2.73. The Kier molecular flexibility index (Phi) is 2.04. The van der Waals surface area contributed by atoms with Gasteiger partial charge in [0.05, 0.1) is 6.10 Å². The fourth-order valence-corrected chi connectivity index (χ4v) is 3.79. The number of ether oxygens (including phenoxy) is 1. The van der Waals surface area contributed by atoms with Crippen LogP contribution in [0.1, 0.15) is 48.0 Å². The maximum Gasteiger partial charge on any atom is 0.102 e. The van der Waals surface area contributed by atoms with Crippen molar-refractivity contribution >= 4 is 0 Å². The lowest BCUT2D eigenvalue weighted by atomic mass is 9.79. The van der Waals surface area contributed by atoms with Gasteiger partial charge < -0.3 is 4.74 Å². The molecule has 2 heteroatoms. The number of piperidine rings is 1. The van der Waals surface area contributed by atoms with Crippen molar-refractivity contribution in [3.05, 3.63) is 0 Å². The first-order valence-corrected chi connectivity index (χ1v) is 5.72. The summed E-state index contributed by atoms with van der Waals surface area (Å²) in [6, 6.07) is 0.588. The minimum absolute atomic E-state index is 0.195. The monoisotopic (exact) mass is 197 g/mol. The lowest BCUT2D eigenvalue weighted by Gasteiger charge is -2.53. The molecule has 0 saturated carbocycles. The molecule has 2 atom stereocenters. The summed E-state index contributed by atoms with van der Waals surface area (Å²) in [4.78, 5) is 2.62. The quantitative estimate of drug-likeness (QED) is 0.600. The Morgan fingerprint density at radius 2 is 1.79 bits per heavy atom. The highest BCUT2D eigenvalue weighted by Gasteiger charge is 2.61. The molecule has 0 aliphatic carbocycles. The maximum absolute atomic E-state index is 5.77. The highest BCUT2D eigenvalue weighted by Crippen LogP contribution is 2.49. The van der Waals surface area contributed by atoms with Crippen LogP contribution in [0.5, 0.6) is 0 Å². The summed E-state index contributed by atoms with van der Waals surface area (Å²) in [5.74, 6) is 0. The molecule has 2 nitrogen and oxygen atoms in total. The normalized spacial score (nSPS) is 39.6. The van der Waals surface area contributed by atoms with Crippen molar-refractivity contribution in [2.24, 2.45) is 0 Å². The van der Waals surface area contributed by atoms with Crippen LogP contribution in [0.15, 0.2) is 0 Å². The van der Waals surface area contributed by atoms with Crippen LogP contribution in [0.4, 0.5) is 0 Å². The van der Waals surface area contributed by atoms with E-state index < -0.39 is 0 Å². The van der Waals surface area contributed by atoms with Crippen molar-refractivity contribution in [1.29, 1.82) is 0 Å². The van der Waals surface area contributed by atoms with Gasteiger partial charge in [0.25, 0.3) is 0 Å². The molecule has 0 radical (unpaired) electrons. The molecule has 2 aliphatic heterocycles. The van der Waals surface area contributed by atoms with Crippen LogP contribution in [-0.2, 0) is 4.74 Å². The number of fused-ring (bicyclic) bond motifs is 1. The minimum atomic E-state index is 0.195. The summed E-state index contributed by atoms with van der Waals surface area (Å²) in [5.41, 5.74) is 0.468. The third kappa shape index (κ3) is 1.31. The van der Waals surface area contributed by atoms with Gasteiger partial charge in [0.2, 0.25) is 0 Å². The first-order chi connectivity index (χ1) is 6.27. The van der Waals surface area contributed by atoms with E-state index in [2.05, 4.69) is 46.4 Å². The van der Waals surface area contributed by atoms with E-state index in [9.17, 15) is 0 Å². The van der Waals surface area contributed by atoms with Crippen LogP contribution >= 0.6 is 0 Å². The van der Waals surface area contributed by atoms with Gasteiger partial charge in [0, 0.05) is 17.1 Å². The zero-order valence-corrected chi connectivity index (χ0v) is 10.3. The van der Waals surface area contributed by atoms with Gasteiger partial charge in [-0.05, 0) is 48.0 Å². The minimum Gasteiger partial charge on any atom is -0.368 e. The molecule has 2 fully saturated rings. The van der Waals surface area contributed by atoms with E-state index >= 15 is 0 Å². The third-order valence-electron chi connectivity index (χ3n) is 3.77. The van der Waals surface area contributed by atoms with Crippen LogP contribution < -0.4 is 0 Å². The SMILES string of the molecule is CC(C)N1C(C)(C)CC2OC2C1(C)C. The molecular formula is C12H23NO. The fourth-order valence-electron chi connectivity index (χ4n) is 3.79. The Labute approximate surface area is 87.6 Å². The Bertz CT molecular complexity index is 245. The van der Waals surface area contributed by atoms with Crippen LogP contribution in [0.25, 0.3) is 0 Å². The number of rotatable bonds is 1. The molecule has 2 unspecified atom stereocenters. The second-order valence-corrected chi connectivity index (χ2v) is 6.23. The van der Waals surface area contributed by atoms with E-state index in [1.54, 1.807) is 0 Å². The summed E-state index contributed by atoms with van der Waals surface area (Å²) in [6.45, 7) is 13.9. The van der Waals surface area contributed by atoms with E-state index in [4.69, 9.17) is 4.74 Å². The molecule has 0 bridgehead atoms. The van der Waals surface area contributed by atoms with E-state index in [1.807, 2.05) is 0 Å². The van der Waals surface area contributed by atoms with Gasteiger partial charge in [-0.2, -0.15) is 0 Å². The predicted octanol–water partition coefficient (Wildman–Crippen LogP) is 2.43. The lowest BCUT2D eigenvalue weighted by Crippen LogP contribution is -2.64. The average Bonchev–Trinajstić information content (AvgIpc) is 2.60. The number of hydrogen-bond acceptors (Lipinski definition) is 2. The molecule has 82 valence electrons. The van der Waals surface area contributed by atoms with Crippen LogP contribution in [0, 0.1) is 0 Å². The van der Waals surface area contributed by atoms with Crippen molar-refractivity contribution in [3.63, 3.8) is 0 Å². The zero-order valence-electron chi connectivity index (χ0n) is 10.3. The van der Waals surface area contributed by atoms with Gasteiger partial charge >= 0.3 is 0 Å². The van der Waals surface area contributed by atoms with Crippen molar-refractivity contribution in [1.82, 2.24) is 4.90 Å². The highest BCUT2D eigenvalue weighted by molar-refractivity contribution is 5.13. The Morgan fingerprint density at radius 1 is 1.21 bits per heavy atom. The molecule has 0 aromatic heterocycles. The van der Waals surface area contributed by atoms with Crippen LogP contribution in [0.2, 0.25) is 0 Å². The van der Waals surface area contributed by atoms with Crippen molar-refractivity contribution in [2.75, 3.05) is 0 Å². The number of likely N-dealkylation sites (tertiary alicyclic amines) is 1. The molecule has 2 saturated heterocycles. The number of nitrogens with zero attached hydrogens (tertiary/aromatic N) is 1. The first-order valence-electron chi connectivity index (χ1n) is 5.72. The summed E-state index contributed by atoms with van der Waals surface area (Å²) in [7, 11) is 0. The molecule has 2 heterocycles. The molecule has 2 aliphatic rings. The smallest absolute Gasteiger partial charge is 0.102 e. The standard InChI is InChI=1S/C12H23NO/c1-8(2)13-11(3,4)7-9-10(14-9)12(13,5)6/h8-10H,7H2,1-6H3. The third-order valence-corrected chi connectivity index (χ3v) is 3.77. The molecule has 0 spiro atoms. The summed E-state index contributed by atoms with van der Waals surface area (Å²) < 4.78 is 5.77. The summed E-state index contributed by atoms with van der Waals surface area (Å²) in [6.07, 6.45) is 2.17. The Balaban J connectivity index is 2.31. The van der Waals surface area contributed by atoms with Gasteiger partial charge in [-0.3, -0.25) is 4.90 Å². The van der Waals surface area contributed by atoms with Gasteiger partial charge in [0.15, 0.2) is 0 Å².